The normalized spacial score (nSPS) is 14.7. The molecule has 0 fully saturated rings. The van der Waals surface area contributed by atoms with Crippen molar-refractivity contribution in [2.75, 3.05) is 6.61 Å². The average molecular weight is 458 g/mol. The highest BCUT2D eigenvalue weighted by Crippen LogP contribution is 2.43. The van der Waals surface area contributed by atoms with Gasteiger partial charge in [-0.2, -0.15) is 5.26 Å². The number of nitrogens with zero attached hydrogens (tertiary/aromatic N) is 1. The molecule has 1 aliphatic heterocycles. The predicted molar refractivity (Wildman–Crippen MR) is 124 cm³/mol. The van der Waals surface area contributed by atoms with Crippen molar-refractivity contribution < 1.29 is 23.4 Å². The van der Waals surface area contributed by atoms with Crippen LogP contribution >= 0.6 is 0 Å². The van der Waals surface area contributed by atoms with Crippen LogP contribution in [0.2, 0.25) is 0 Å². The second-order valence-electron chi connectivity index (χ2n) is 8.30. The minimum atomic E-state index is -0.604. The van der Waals surface area contributed by atoms with E-state index in [9.17, 15) is 14.4 Å². The second kappa shape index (κ2) is 9.67. The van der Waals surface area contributed by atoms with Crippen molar-refractivity contribution in [1.29, 1.82) is 5.26 Å². The van der Waals surface area contributed by atoms with Gasteiger partial charge in [0.15, 0.2) is 0 Å². The average Bonchev–Trinajstić information content (AvgIpc) is 2.82. The lowest BCUT2D eigenvalue weighted by Gasteiger charge is -2.26. The summed E-state index contributed by atoms with van der Waals surface area (Å²) in [6.45, 7) is 4.69. The number of carbonyl (C=O) groups excluding carboxylic acids is 1. The molecule has 0 amide bonds. The number of rotatable bonds is 6. The summed E-state index contributed by atoms with van der Waals surface area (Å²) in [6, 6.07) is 19.5. The van der Waals surface area contributed by atoms with Gasteiger partial charge in [0.05, 0.1) is 18.1 Å². The largest absolute Gasteiger partial charge is 0.493 e. The molecule has 2 N–H and O–H groups in total. The minimum absolute atomic E-state index is 0.0790. The van der Waals surface area contributed by atoms with Crippen LogP contribution in [0.1, 0.15) is 41.3 Å². The van der Waals surface area contributed by atoms with E-state index >= 15 is 0 Å². The molecule has 0 aromatic heterocycles. The standard InChI is InChI=1S/C27H23FN2O4/c1-16(2)15-32-20-8-6-17(7-9-20)27(31)33-21-10-11-22-24(13-21)34-26(30)23(14-29)25(22)18-4-3-5-19(28)12-18/h3-13,16,25H,15,30H2,1-2H3. The van der Waals surface area contributed by atoms with Gasteiger partial charge in [0.2, 0.25) is 5.88 Å². The zero-order valence-corrected chi connectivity index (χ0v) is 18.7. The van der Waals surface area contributed by atoms with Gasteiger partial charge in [-0.3, -0.25) is 0 Å². The number of esters is 1. The molecule has 0 bridgehead atoms. The fourth-order valence-corrected chi connectivity index (χ4v) is 3.64. The summed E-state index contributed by atoms with van der Waals surface area (Å²) in [4.78, 5) is 12.6. The molecule has 6 nitrogen and oxygen atoms in total. The van der Waals surface area contributed by atoms with Crippen molar-refractivity contribution in [3.05, 3.63) is 101 Å². The maximum Gasteiger partial charge on any atom is 0.343 e. The number of nitrogens with two attached hydrogens (primary N) is 1. The molecule has 0 spiro atoms. The maximum atomic E-state index is 13.9. The van der Waals surface area contributed by atoms with Gasteiger partial charge in [-0.25, -0.2) is 9.18 Å². The van der Waals surface area contributed by atoms with Crippen LogP contribution in [0, 0.1) is 23.1 Å². The van der Waals surface area contributed by atoms with E-state index in [1.54, 1.807) is 48.5 Å². The first kappa shape index (κ1) is 22.9. The first-order chi connectivity index (χ1) is 16.4. The number of nitriles is 1. The summed E-state index contributed by atoms with van der Waals surface area (Å²) in [5.74, 6) is -0.0153. The summed E-state index contributed by atoms with van der Waals surface area (Å²) in [6.07, 6.45) is 0. The van der Waals surface area contributed by atoms with Crippen LogP contribution in [0.5, 0.6) is 17.2 Å². The number of carbonyl (C=O) groups is 1. The Morgan fingerprint density at radius 3 is 2.53 bits per heavy atom. The molecule has 1 heterocycles. The van der Waals surface area contributed by atoms with Gasteiger partial charge in [0.1, 0.15) is 34.7 Å². The number of hydrogen-bond acceptors (Lipinski definition) is 6. The number of hydrogen-bond donors (Lipinski definition) is 1. The van der Waals surface area contributed by atoms with Crippen molar-refractivity contribution in [2.24, 2.45) is 11.7 Å². The van der Waals surface area contributed by atoms with Gasteiger partial charge < -0.3 is 19.9 Å². The Morgan fingerprint density at radius 1 is 1.12 bits per heavy atom. The monoisotopic (exact) mass is 458 g/mol. The molecule has 0 aliphatic carbocycles. The lowest BCUT2D eigenvalue weighted by molar-refractivity contribution is 0.0734. The van der Waals surface area contributed by atoms with Gasteiger partial charge in [-0.05, 0) is 53.9 Å². The molecule has 0 radical (unpaired) electrons. The summed E-state index contributed by atoms with van der Waals surface area (Å²) >= 11 is 0. The highest BCUT2D eigenvalue weighted by molar-refractivity contribution is 5.91. The van der Waals surface area contributed by atoms with Gasteiger partial charge in [0.25, 0.3) is 0 Å². The summed E-state index contributed by atoms with van der Waals surface area (Å²) in [5.41, 5.74) is 7.71. The zero-order chi connectivity index (χ0) is 24.2. The lowest BCUT2D eigenvalue weighted by atomic mass is 9.83. The molecule has 34 heavy (non-hydrogen) atoms. The van der Waals surface area contributed by atoms with Gasteiger partial charge in [0, 0.05) is 11.6 Å². The molecule has 3 aromatic rings. The molecule has 7 heteroatoms. The fraction of sp³-hybridized carbons (Fsp3) is 0.185. The highest BCUT2D eigenvalue weighted by atomic mass is 19.1. The van der Waals surface area contributed by atoms with Crippen molar-refractivity contribution in [2.45, 2.75) is 19.8 Å². The molecular formula is C27H23FN2O4. The van der Waals surface area contributed by atoms with E-state index in [1.165, 1.54) is 18.2 Å². The Hall–Kier alpha value is -4.31. The van der Waals surface area contributed by atoms with Crippen molar-refractivity contribution >= 4 is 5.97 Å². The Kier molecular flexibility index (Phi) is 6.51. The lowest BCUT2D eigenvalue weighted by Crippen LogP contribution is -2.21. The molecule has 1 unspecified atom stereocenters. The number of halogens is 1. The van der Waals surface area contributed by atoms with Gasteiger partial charge >= 0.3 is 5.97 Å². The van der Waals surface area contributed by atoms with Crippen molar-refractivity contribution in [3.8, 4) is 23.3 Å². The van der Waals surface area contributed by atoms with Gasteiger partial charge in [-0.1, -0.05) is 32.0 Å². The van der Waals surface area contributed by atoms with Crippen LogP contribution in [-0.4, -0.2) is 12.6 Å². The number of benzene rings is 3. The maximum absolute atomic E-state index is 13.9. The second-order valence-corrected chi connectivity index (χ2v) is 8.30. The summed E-state index contributed by atoms with van der Waals surface area (Å²) in [5, 5.41) is 9.63. The third-order valence-corrected chi connectivity index (χ3v) is 5.26. The van der Waals surface area contributed by atoms with Crippen LogP contribution in [0.15, 0.2) is 78.2 Å². The smallest absolute Gasteiger partial charge is 0.343 e. The van der Waals surface area contributed by atoms with Gasteiger partial charge in [-0.15, -0.1) is 0 Å². The zero-order valence-electron chi connectivity index (χ0n) is 18.7. The topological polar surface area (TPSA) is 94.6 Å². The van der Waals surface area contributed by atoms with Crippen LogP contribution in [-0.2, 0) is 0 Å². The molecule has 0 saturated heterocycles. The van der Waals surface area contributed by atoms with E-state index in [2.05, 4.69) is 19.9 Å². The van der Waals surface area contributed by atoms with Crippen molar-refractivity contribution in [1.82, 2.24) is 0 Å². The molecule has 1 aliphatic rings. The quantitative estimate of drug-likeness (QED) is 0.398. The van der Waals surface area contributed by atoms with Crippen molar-refractivity contribution in [3.63, 3.8) is 0 Å². The first-order valence-electron chi connectivity index (χ1n) is 10.8. The fourth-order valence-electron chi connectivity index (χ4n) is 3.64. The summed E-state index contributed by atoms with van der Waals surface area (Å²) < 4.78 is 30.7. The Labute approximate surface area is 197 Å². The molecule has 0 saturated carbocycles. The Bertz CT molecular complexity index is 1290. The molecule has 1 atom stereocenters. The van der Waals surface area contributed by atoms with Crippen LogP contribution in [0.25, 0.3) is 0 Å². The highest BCUT2D eigenvalue weighted by Gasteiger charge is 2.31. The van der Waals surface area contributed by atoms with E-state index in [0.29, 0.717) is 40.7 Å². The number of fused-ring (bicyclic) bond motifs is 1. The van der Waals surface area contributed by atoms with Crippen LogP contribution in [0.3, 0.4) is 0 Å². The third-order valence-electron chi connectivity index (χ3n) is 5.26. The number of allylic oxidation sites excluding steroid dienone is 1. The minimum Gasteiger partial charge on any atom is -0.493 e. The van der Waals surface area contributed by atoms with E-state index in [4.69, 9.17) is 19.9 Å². The van der Waals surface area contributed by atoms with Crippen LogP contribution < -0.4 is 19.9 Å². The molecule has 172 valence electrons. The Balaban J connectivity index is 1.57. The molecule has 4 rings (SSSR count). The van der Waals surface area contributed by atoms with E-state index in [1.807, 2.05) is 0 Å². The third kappa shape index (κ3) is 4.86. The van der Waals surface area contributed by atoms with Crippen LogP contribution in [0.4, 0.5) is 4.39 Å². The predicted octanol–water partition coefficient (Wildman–Crippen LogP) is 5.30. The van der Waals surface area contributed by atoms with E-state index in [0.717, 1.165) is 0 Å². The SMILES string of the molecule is CC(C)COc1ccc(C(=O)Oc2ccc3c(c2)OC(N)=C(C#N)C3c2cccc(F)c2)cc1. The molecular weight excluding hydrogens is 435 g/mol. The Morgan fingerprint density at radius 2 is 1.85 bits per heavy atom. The summed E-state index contributed by atoms with van der Waals surface area (Å²) in [7, 11) is 0. The van der Waals surface area contributed by atoms with E-state index < -0.39 is 17.7 Å². The first-order valence-corrected chi connectivity index (χ1v) is 10.8. The molecule has 3 aromatic carbocycles. The number of ether oxygens (including phenoxy) is 3. The van der Waals surface area contributed by atoms with E-state index in [-0.39, 0.29) is 17.2 Å².